The van der Waals surface area contributed by atoms with Gasteiger partial charge in [-0.2, -0.15) is 5.10 Å². The number of aryl methyl sites for hydroxylation is 3. The fraction of sp³-hybridized carbons (Fsp3) is 0.278. The number of carbonyl (C=O) groups is 2. The van der Waals surface area contributed by atoms with Gasteiger partial charge in [0.25, 0.3) is 5.89 Å². The Labute approximate surface area is 150 Å². The van der Waals surface area contributed by atoms with Gasteiger partial charge in [0, 0.05) is 31.1 Å². The Morgan fingerprint density at radius 2 is 2.04 bits per heavy atom. The maximum Gasteiger partial charge on any atom is 0.265 e. The Bertz CT molecular complexity index is 957. The largest absolute Gasteiger partial charge is 0.419 e. The third-order valence-electron chi connectivity index (χ3n) is 3.81. The fourth-order valence-corrected chi connectivity index (χ4v) is 2.53. The topological polar surface area (TPSA) is 103 Å². The van der Waals surface area contributed by atoms with Crippen molar-refractivity contribution in [2.45, 2.75) is 26.7 Å². The number of hydrogen-bond donors (Lipinski definition) is 1. The first-order valence-corrected chi connectivity index (χ1v) is 8.16. The summed E-state index contributed by atoms with van der Waals surface area (Å²) < 4.78 is 7.28. The summed E-state index contributed by atoms with van der Waals surface area (Å²) in [7, 11) is 1.80. The highest BCUT2D eigenvalue weighted by Crippen LogP contribution is 2.19. The first-order valence-electron chi connectivity index (χ1n) is 8.16. The summed E-state index contributed by atoms with van der Waals surface area (Å²) in [6.45, 7) is 3.37. The van der Waals surface area contributed by atoms with E-state index >= 15 is 0 Å². The molecule has 0 radical (unpaired) electrons. The summed E-state index contributed by atoms with van der Waals surface area (Å²) in [4.78, 5) is 23.5. The normalized spacial score (nSPS) is 10.7. The van der Waals surface area contributed by atoms with Crippen LogP contribution in [-0.2, 0) is 18.3 Å². The number of carbonyl (C=O) groups excluding carboxylic acids is 2. The van der Waals surface area contributed by atoms with Crippen LogP contribution in [0.15, 0.2) is 34.7 Å². The van der Waals surface area contributed by atoms with Gasteiger partial charge in [-0.05, 0) is 32.0 Å². The average molecular weight is 353 g/mol. The number of ketones is 1. The Morgan fingerprint density at radius 1 is 1.23 bits per heavy atom. The quantitative estimate of drug-likeness (QED) is 0.683. The van der Waals surface area contributed by atoms with Gasteiger partial charge >= 0.3 is 0 Å². The molecule has 8 heteroatoms. The van der Waals surface area contributed by atoms with E-state index in [0.29, 0.717) is 29.5 Å². The number of nitrogens with one attached hydrogen (secondary N) is 1. The maximum absolute atomic E-state index is 12.1. The Morgan fingerprint density at radius 3 is 2.73 bits per heavy atom. The van der Waals surface area contributed by atoms with Gasteiger partial charge < -0.3 is 9.73 Å². The van der Waals surface area contributed by atoms with Crippen molar-refractivity contribution >= 4 is 17.4 Å². The van der Waals surface area contributed by atoms with Crippen molar-refractivity contribution in [3.05, 3.63) is 47.5 Å². The Hall–Kier alpha value is -3.29. The molecule has 3 aromatic rings. The van der Waals surface area contributed by atoms with E-state index in [4.69, 9.17) is 4.42 Å². The molecular formula is C18H19N5O3. The number of aromatic nitrogens is 4. The highest BCUT2D eigenvalue weighted by Gasteiger charge is 2.14. The van der Waals surface area contributed by atoms with Crippen molar-refractivity contribution in [1.82, 2.24) is 20.0 Å². The molecule has 0 spiro atoms. The van der Waals surface area contributed by atoms with Crippen LogP contribution >= 0.6 is 0 Å². The molecule has 2 aromatic heterocycles. The van der Waals surface area contributed by atoms with Crippen LogP contribution in [0.5, 0.6) is 0 Å². The highest BCUT2D eigenvalue weighted by molar-refractivity contribution is 5.97. The maximum atomic E-state index is 12.1. The number of hydrogen-bond acceptors (Lipinski definition) is 6. The average Bonchev–Trinajstić information content (AvgIpc) is 3.19. The predicted molar refractivity (Wildman–Crippen MR) is 94.6 cm³/mol. The molecule has 1 N–H and O–H groups in total. The Kier molecular flexibility index (Phi) is 4.92. The number of Topliss-reactive ketones (excluding diaryl/α,β-unsaturated/α-hetero) is 1. The van der Waals surface area contributed by atoms with E-state index in [9.17, 15) is 9.59 Å². The third-order valence-corrected chi connectivity index (χ3v) is 3.81. The van der Waals surface area contributed by atoms with E-state index in [-0.39, 0.29) is 18.1 Å². The molecule has 0 saturated carbocycles. The zero-order valence-electron chi connectivity index (χ0n) is 14.8. The second kappa shape index (κ2) is 7.30. The van der Waals surface area contributed by atoms with E-state index in [1.165, 1.54) is 6.92 Å². The molecule has 0 aliphatic carbocycles. The standard InChI is InChI=1S/C18H19N5O3/c1-11-9-15(23(3)22-11)18-21-20-17(26-18)8-7-16(25)19-14-6-4-5-13(10-14)12(2)24/h4-6,9-10H,7-8H2,1-3H3,(H,19,25). The van der Waals surface area contributed by atoms with Crippen molar-refractivity contribution < 1.29 is 14.0 Å². The number of rotatable bonds is 6. The van der Waals surface area contributed by atoms with Crippen LogP contribution in [0.4, 0.5) is 5.69 Å². The summed E-state index contributed by atoms with van der Waals surface area (Å²) in [5.41, 5.74) is 2.72. The lowest BCUT2D eigenvalue weighted by Crippen LogP contribution is -2.12. The van der Waals surface area contributed by atoms with Crippen LogP contribution in [0.3, 0.4) is 0 Å². The molecule has 3 rings (SSSR count). The predicted octanol–water partition coefficient (Wildman–Crippen LogP) is 2.55. The molecule has 8 nitrogen and oxygen atoms in total. The Balaban J connectivity index is 1.59. The van der Waals surface area contributed by atoms with Gasteiger partial charge in [-0.15, -0.1) is 10.2 Å². The molecule has 1 aromatic carbocycles. The van der Waals surface area contributed by atoms with Crippen molar-refractivity contribution in [1.29, 1.82) is 0 Å². The lowest BCUT2D eigenvalue weighted by atomic mass is 10.1. The van der Waals surface area contributed by atoms with Gasteiger partial charge in [0.05, 0.1) is 5.69 Å². The van der Waals surface area contributed by atoms with Gasteiger partial charge in [0.1, 0.15) is 5.69 Å². The second-order valence-electron chi connectivity index (χ2n) is 5.98. The van der Waals surface area contributed by atoms with E-state index in [2.05, 4.69) is 20.6 Å². The van der Waals surface area contributed by atoms with Crippen LogP contribution in [0.1, 0.15) is 35.3 Å². The van der Waals surface area contributed by atoms with Gasteiger partial charge in [0.2, 0.25) is 11.8 Å². The summed E-state index contributed by atoms with van der Waals surface area (Å²) in [5.74, 6) is 0.510. The van der Waals surface area contributed by atoms with Gasteiger partial charge in [-0.25, -0.2) is 0 Å². The lowest BCUT2D eigenvalue weighted by Gasteiger charge is -2.05. The minimum absolute atomic E-state index is 0.0510. The monoisotopic (exact) mass is 353 g/mol. The lowest BCUT2D eigenvalue weighted by molar-refractivity contribution is -0.116. The zero-order chi connectivity index (χ0) is 18.7. The number of anilines is 1. The summed E-state index contributed by atoms with van der Waals surface area (Å²) in [6.07, 6.45) is 0.512. The molecule has 0 unspecified atom stereocenters. The van der Waals surface area contributed by atoms with E-state index < -0.39 is 0 Å². The molecule has 0 aliphatic rings. The molecule has 1 amide bonds. The zero-order valence-corrected chi connectivity index (χ0v) is 14.8. The van der Waals surface area contributed by atoms with Crippen LogP contribution in [0.25, 0.3) is 11.6 Å². The van der Waals surface area contributed by atoms with Crippen molar-refractivity contribution in [2.24, 2.45) is 7.05 Å². The SMILES string of the molecule is CC(=O)c1cccc(NC(=O)CCc2nnc(-c3cc(C)nn3C)o2)c1. The minimum Gasteiger partial charge on any atom is -0.419 e. The smallest absolute Gasteiger partial charge is 0.265 e. The van der Waals surface area contributed by atoms with Gasteiger partial charge in [-0.1, -0.05) is 12.1 Å². The molecule has 0 bridgehead atoms. The van der Waals surface area contributed by atoms with Crippen molar-refractivity contribution in [3.63, 3.8) is 0 Å². The van der Waals surface area contributed by atoms with E-state index in [0.717, 1.165) is 11.4 Å². The number of nitrogens with zero attached hydrogens (tertiary/aromatic N) is 4. The van der Waals surface area contributed by atoms with Crippen LogP contribution in [-0.4, -0.2) is 31.7 Å². The molecule has 0 fully saturated rings. The van der Waals surface area contributed by atoms with Crippen LogP contribution < -0.4 is 5.32 Å². The number of benzene rings is 1. The molecule has 134 valence electrons. The van der Waals surface area contributed by atoms with E-state index in [1.54, 1.807) is 36.0 Å². The molecule has 0 aliphatic heterocycles. The first kappa shape index (κ1) is 17.5. The number of amides is 1. The second-order valence-corrected chi connectivity index (χ2v) is 5.98. The van der Waals surface area contributed by atoms with Crippen LogP contribution in [0, 0.1) is 6.92 Å². The van der Waals surface area contributed by atoms with Crippen molar-refractivity contribution in [2.75, 3.05) is 5.32 Å². The first-order chi connectivity index (χ1) is 12.4. The van der Waals surface area contributed by atoms with Crippen LogP contribution in [0.2, 0.25) is 0 Å². The minimum atomic E-state index is -0.193. The summed E-state index contributed by atoms with van der Waals surface area (Å²) >= 11 is 0. The molecule has 0 saturated heterocycles. The highest BCUT2D eigenvalue weighted by atomic mass is 16.4. The van der Waals surface area contributed by atoms with Crippen molar-refractivity contribution in [3.8, 4) is 11.6 Å². The molecule has 26 heavy (non-hydrogen) atoms. The van der Waals surface area contributed by atoms with Gasteiger partial charge in [0.15, 0.2) is 5.78 Å². The summed E-state index contributed by atoms with van der Waals surface area (Å²) in [6, 6.07) is 8.67. The fourth-order valence-electron chi connectivity index (χ4n) is 2.53. The van der Waals surface area contributed by atoms with Gasteiger partial charge in [-0.3, -0.25) is 14.3 Å². The molecular weight excluding hydrogens is 334 g/mol. The van der Waals surface area contributed by atoms with E-state index in [1.807, 2.05) is 13.0 Å². The third kappa shape index (κ3) is 4.02. The molecule has 2 heterocycles. The summed E-state index contributed by atoms with van der Waals surface area (Å²) in [5, 5.41) is 15.0. The molecule has 0 atom stereocenters.